The highest BCUT2D eigenvalue weighted by molar-refractivity contribution is 5.84. The minimum atomic E-state index is -0.920. The van der Waals surface area contributed by atoms with Gasteiger partial charge in [0.15, 0.2) is 0 Å². The SMILES string of the molecule is O=C(O)C1CNCCN1C(=O)CCN1CCCC1. The van der Waals surface area contributed by atoms with E-state index in [1.165, 1.54) is 17.7 Å². The Morgan fingerprint density at radius 2 is 1.94 bits per heavy atom. The van der Waals surface area contributed by atoms with Crippen LogP contribution in [0.1, 0.15) is 19.3 Å². The van der Waals surface area contributed by atoms with Crippen LogP contribution in [0, 0.1) is 0 Å². The number of aliphatic carboxylic acids is 1. The summed E-state index contributed by atoms with van der Waals surface area (Å²) >= 11 is 0. The highest BCUT2D eigenvalue weighted by Gasteiger charge is 2.31. The second-order valence-corrected chi connectivity index (χ2v) is 4.94. The van der Waals surface area contributed by atoms with E-state index in [4.69, 9.17) is 5.11 Å². The fourth-order valence-corrected chi connectivity index (χ4v) is 2.63. The molecule has 2 rings (SSSR count). The van der Waals surface area contributed by atoms with Crippen molar-refractivity contribution in [1.82, 2.24) is 15.1 Å². The molecule has 1 amide bonds. The summed E-state index contributed by atoms with van der Waals surface area (Å²) in [5.41, 5.74) is 0. The van der Waals surface area contributed by atoms with Gasteiger partial charge in [0, 0.05) is 32.6 Å². The number of carboxylic acids is 1. The lowest BCUT2D eigenvalue weighted by molar-refractivity contribution is -0.151. The number of likely N-dealkylation sites (tertiary alicyclic amines) is 1. The van der Waals surface area contributed by atoms with E-state index >= 15 is 0 Å². The molecule has 2 N–H and O–H groups in total. The third-order valence-corrected chi connectivity index (χ3v) is 3.69. The molecule has 0 radical (unpaired) electrons. The number of rotatable bonds is 4. The number of nitrogens with one attached hydrogen (secondary N) is 1. The van der Waals surface area contributed by atoms with Crippen LogP contribution in [-0.4, -0.2) is 72.1 Å². The maximum atomic E-state index is 12.1. The van der Waals surface area contributed by atoms with Crippen molar-refractivity contribution in [3.63, 3.8) is 0 Å². The lowest BCUT2D eigenvalue weighted by Crippen LogP contribution is -2.57. The smallest absolute Gasteiger partial charge is 0.327 e. The monoisotopic (exact) mass is 255 g/mol. The zero-order valence-electron chi connectivity index (χ0n) is 10.6. The van der Waals surface area contributed by atoms with Gasteiger partial charge in [-0.1, -0.05) is 0 Å². The van der Waals surface area contributed by atoms with Crippen LogP contribution in [0.25, 0.3) is 0 Å². The minimum absolute atomic E-state index is 0.0317. The van der Waals surface area contributed by atoms with Crippen LogP contribution in [-0.2, 0) is 9.59 Å². The summed E-state index contributed by atoms with van der Waals surface area (Å²) in [6.07, 6.45) is 2.85. The van der Waals surface area contributed by atoms with Crippen molar-refractivity contribution in [1.29, 1.82) is 0 Å². The first-order valence-electron chi connectivity index (χ1n) is 6.64. The third kappa shape index (κ3) is 3.20. The lowest BCUT2D eigenvalue weighted by Gasteiger charge is -2.33. The van der Waals surface area contributed by atoms with E-state index in [1.807, 2.05) is 0 Å². The van der Waals surface area contributed by atoms with Gasteiger partial charge in [-0.3, -0.25) is 4.79 Å². The average molecular weight is 255 g/mol. The topological polar surface area (TPSA) is 72.9 Å². The molecule has 0 aromatic heterocycles. The lowest BCUT2D eigenvalue weighted by atomic mass is 10.1. The Morgan fingerprint density at radius 3 is 2.61 bits per heavy atom. The van der Waals surface area contributed by atoms with E-state index in [0.717, 1.165) is 19.6 Å². The van der Waals surface area contributed by atoms with Crippen molar-refractivity contribution in [2.45, 2.75) is 25.3 Å². The first kappa shape index (κ1) is 13.3. The predicted octanol–water partition coefficient (Wildman–Crippen LogP) is -0.643. The Hall–Kier alpha value is -1.14. The summed E-state index contributed by atoms with van der Waals surface area (Å²) in [4.78, 5) is 26.9. The van der Waals surface area contributed by atoms with Crippen LogP contribution >= 0.6 is 0 Å². The van der Waals surface area contributed by atoms with E-state index in [2.05, 4.69) is 10.2 Å². The normalized spacial score (nSPS) is 25.3. The van der Waals surface area contributed by atoms with Gasteiger partial charge in [-0.05, 0) is 25.9 Å². The summed E-state index contributed by atoms with van der Waals surface area (Å²) in [5, 5.41) is 12.1. The largest absolute Gasteiger partial charge is 0.480 e. The van der Waals surface area contributed by atoms with Crippen LogP contribution in [0.3, 0.4) is 0 Å². The minimum Gasteiger partial charge on any atom is -0.480 e. The maximum absolute atomic E-state index is 12.1. The fourth-order valence-electron chi connectivity index (χ4n) is 2.63. The molecule has 0 bridgehead atoms. The standard InChI is InChI=1S/C12H21N3O3/c16-11(3-7-14-5-1-2-6-14)15-8-4-13-9-10(15)12(17)18/h10,13H,1-9H2,(H,17,18). The first-order chi connectivity index (χ1) is 8.68. The molecule has 0 saturated carbocycles. The maximum Gasteiger partial charge on any atom is 0.327 e. The van der Waals surface area contributed by atoms with Crippen molar-refractivity contribution in [2.75, 3.05) is 39.3 Å². The second kappa shape index (κ2) is 6.15. The molecular weight excluding hydrogens is 234 g/mol. The van der Waals surface area contributed by atoms with Gasteiger partial charge in [0.25, 0.3) is 0 Å². The molecule has 1 unspecified atom stereocenters. The van der Waals surface area contributed by atoms with Crippen LogP contribution in [0.5, 0.6) is 0 Å². The molecule has 1 atom stereocenters. The molecule has 0 aliphatic carbocycles. The van der Waals surface area contributed by atoms with Crippen LogP contribution < -0.4 is 5.32 Å². The van der Waals surface area contributed by atoms with Gasteiger partial charge in [0.2, 0.25) is 5.91 Å². The summed E-state index contributed by atoms with van der Waals surface area (Å²) in [5.74, 6) is -0.951. The highest BCUT2D eigenvalue weighted by atomic mass is 16.4. The number of piperazine rings is 1. The number of carbonyl (C=O) groups is 2. The van der Waals surface area contributed by atoms with Crippen molar-refractivity contribution < 1.29 is 14.7 Å². The molecule has 18 heavy (non-hydrogen) atoms. The molecule has 6 nitrogen and oxygen atoms in total. The Morgan fingerprint density at radius 1 is 1.22 bits per heavy atom. The Bertz CT molecular complexity index is 316. The van der Waals surface area contributed by atoms with Crippen molar-refractivity contribution in [2.24, 2.45) is 0 Å². The molecule has 2 aliphatic rings. The second-order valence-electron chi connectivity index (χ2n) is 4.94. The van der Waals surface area contributed by atoms with Crippen LogP contribution in [0.15, 0.2) is 0 Å². The molecule has 102 valence electrons. The summed E-state index contributed by atoms with van der Waals surface area (Å²) in [6.45, 7) is 4.42. The van der Waals surface area contributed by atoms with Gasteiger partial charge < -0.3 is 20.2 Å². The Labute approximate surface area is 107 Å². The third-order valence-electron chi connectivity index (χ3n) is 3.69. The number of carboxylic acid groups (broad SMARTS) is 1. The number of carbonyl (C=O) groups excluding carboxylic acids is 1. The van der Waals surface area contributed by atoms with Crippen LogP contribution in [0.4, 0.5) is 0 Å². The van der Waals surface area contributed by atoms with Gasteiger partial charge in [0.1, 0.15) is 6.04 Å². The molecule has 0 spiro atoms. The molecule has 2 fully saturated rings. The zero-order chi connectivity index (χ0) is 13.0. The van der Waals surface area contributed by atoms with E-state index in [9.17, 15) is 9.59 Å². The van der Waals surface area contributed by atoms with Gasteiger partial charge in [-0.2, -0.15) is 0 Å². The first-order valence-corrected chi connectivity index (χ1v) is 6.64. The highest BCUT2D eigenvalue weighted by Crippen LogP contribution is 2.10. The van der Waals surface area contributed by atoms with E-state index in [0.29, 0.717) is 26.1 Å². The summed E-state index contributed by atoms with van der Waals surface area (Å²) in [7, 11) is 0. The van der Waals surface area contributed by atoms with Gasteiger partial charge >= 0.3 is 5.97 Å². The van der Waals surface area contributed by atoms with Gasteiger partial charge in [-0.15, -0.1) is 0 Å². The molecule has 0 aromatic rings. The van der Waals surface area contributed by atoms with E-state index in [1.54, 1.807) is 0 Å². The van der Waals surface area contributed by atoms with Crippen LogP contribution in [0.2, 0.25) is 0 Å². The number of nitrogens with zero attached hydrogens (tertiary/aromatic N) is 2. The molecular formula is C12H21N3O3. The summed E-state index contributed by atoms with van der Waals surface area (Å²) in [6, 6.07) is -0.704. The van der Waals surface area contributed by atoms with E-state index in [-0.39, 0.29) is 5.91 Å². The molecule has 2 heterocycles. The Kier molecular flexibility index (Phi) is 4.54. The quantitative estimate of drug-likeness (QED) is 0.699. The number of hydrogen-bond donors (Lipinski definition) is 2. The molecule has 0 aromatic carbocycles. The zero-order valence-corrected chi connectivity index (χ0v) is 10.6. The van der Waals surface area contributed by atoms with Gasteiger partial charge in [-0.25, -0.2) is 4.79 Å². The summed E-state index contributed by atoms with van der Waals surface area (Å²) < 4.78 is 0. The van der Waals surface area contributed by atoms with Crippen molar-refractivity contribution >= 4 is 11.9 Å². The molecule has 6 heteroatoms. The number of hydrogen-bond acceptors (Lipinski definition) is 4. The van der Waals surface area contributed by atoms with Crippen molar-refractivity contribution in [3.8, 4) is 0 Å². The predicted molar refractivity (Wildman–Crippen MR) is 66.3 cm³/mol. The average Bonchev–Trinajstić information content (AvgIpc) is 2.89. The van der Waals surface area contributed by atoms with Crippen molar-refractivity contribution in [3.05, 3.63) is 0 Å². The van der Waals surface area contributed by atoms with E-state index < -0.39 is 12.0 Å². The van der Waals surface area contributed by atoms with Gasteiger partial charge in [0.05, 0.1) is 0 Å². The number of amides is 1. The molecule has 2 aliphatic heterocycles. The fraction of sp³-hybridized carbons (Fsp3) is 0.833. The Balaban J connectivity index is 1.83. The molecule has 2 saturated heterocycles.